The van der Waals surface area contributed by atoms with E-state index in [1.807, 2.05) is 58.3 Å². The predicted molar refractivity (Wildman–Crippen MR) is 102 cm³/mol. The molecule has 1 saturated heterocycles. The topological polar surface area (TPSA) is 75.6 Å². The van der Waals surface area contributed by atoms with Crippen molar-refractivity contribution in [3.8, 4) is 0 Å². The van der Waals surface area contributed by atoms with Gasteiger partial charge in [-0.05, 0) is 55.2 Å². The molecule has 1 fully saturated rings. The van der Waals surface area contributed by atoms with Gasteiger partial charge in [0.25, 0.3) is 0 Å². The lowest BCUT2D eigenvalue weighted by Gasteiger charge is -2.21. The smallest absolute Gasteiger partial charge is 0.320 e. The van der Waals surface area contributed by atoms with Gasteiger partial charge in [-0.3, -0.25) is 0 Å². The van der Waals surface area contributed by atoms with Crippen LogP contribution in [0.2, 0.25) is 0 Å². The molecular weight excluding hydrogens is 312 g/mol. The molecule has 4 N–H and O–H groups in total. The summed E-state index contributed by atoms with van der Waals surface area (Å²) in [5, 5.41) is 0. The first-order valence-corrected chi connectivity index (χ1v) is 8.77. The zero-order chi connectivity index (χ0) is 17.8. The first-order valence-electron chi connectivity index (χ1n) is 8.77. The van der Waals surface area contributed by atoms with Crippen molar-refractivity contribution < 1.29 is 4.79 Å². The average molecular weight is 338 g/mol. The quantitative estimate of drug-likeness (QED) is 0.795. The molecule has 2 amide bonds. The van der Waals surface area contributed by atoms with E-state index in [0.717, 1.165) is 43.9 Å². The fourth-order valence-electron chi connectivity index (χ4n) is 3.25. The number of urea groups is 1. The minimum Gasteiger partial charge on any atom is -0.399 e. The monoisotopic (exact) mass is 338 g/mol. The molecule has 1 heterocycles. The van der Waals surface area contributed by atoms with Gasteiger partial charge in [-0.2, -0.15) is 0 Å². The second-order valence-electron chi connectivity index (χ2n) is 6.75. The lowest BCUT2D eigenvalue weighted by atomic mass is 10.1. The van der Waals surface area contributed by atoms with Gasteiger partial charge in [-0.15, -0.1) is 0 Å². The van der Waals surface area contributed by atoms with Crippen molar-refractivity contribution in [3.05, 3.63) is 59.7 Å². The molecule has 0 radical (unpaired) electrons. The maximum Gasteiger partial charge on any atom is 0.320 e. The molecule has 0 bridgehead atoms. The van der Waals surface area contributed by atoms with E-state index in [4.69, 9.17) is 11.5 Å². The largest absolute Gasteiger partial charge is 0.399 e. The molecule has 1 atom stereocenters. The van der Waals surface area contributed by atoms with E-state index in [2.05, 4.69) is 6.92 Å². The van der Waals surface area contributed by atoms with Gasteiger partial charge in [-0.25, -0.2) is 4.79 Å². The maximum absolute atomic E-state index is 12.7. The van der Waals surface area contributed by atoms with Gasteiger partial charge in [-0.1, -0.05) is 24.3 Å². The summed E-state index contributed by atoms with van der Waals surface area (Å²) in [4.78, 5) is 16.6. The van der Waals surface area contributed by atoms with E-state index in [-0.39, 0.29) is 12.1 Å². The molecule has 132 valence electrons. The average Bonchev–Trinajstić information content (AvgIpc) is 2.88. The summed E-state index contributed by atoms with van der Waals surface area (Å²) in [6.07, 6.45) is 1.70. The van der Waals surface area contributed by atoms with E-state index < -0.39 is 0 Å². The Morgan fingerprint density at radius 3 is 1.88 bits per heavy atom. The number of nitrogens with two attached hydrogens (primary N) is 2. The molecule has 1 unspecified atom stereocenters. The number of carbonyl (C=O) groups excluding carboxylic acids is 1. The van der Waals surface area contributed by atoms with Crippen molar-refractivity contribution in [2.45, 2.75) is 25.8 Å². The van der Waals surface area contributed by atoms with Gasteiger partial charge in [0.05, 0.1) is 0 Å². The Bertz CT molecular complexity index is 711. The Hall–Kier alpha value is -2.69. The normalized spacial score (nSPS) is 17.3. The molecule has 0 aromatic heterocycles. The third-order valence-electron chi connectivity index (χ3n) is 4.80. The van der Waals surface area contributed by atoms with Crippen LogP contribution in [-0.2, 0) is 12.8 Å². The molecular formula is C20H26N4O. The summed E-state index contributed by atoms with van der Waals surface area (Å²) >= 11 is 0. The Kier molecular flexibility index (Phi) is 5.12. The minimum atomic E-state index is 0.137. The van der Waals surface area contributed by atoms with Gasteiger partial charge < -0.3 is 21.3 Å². The van der Waals surface area contributed by atoms with Crippen molar-refractivity contribution in [1.82, 2.24) is 9.80 Å². The second-order valence-corrected chi connectivity index (χ2v) is 6.75. The van der Waals surface area contributed by atoms with Gasteiger partial charge in [0.2, 0.25) is 0 Å². The zero-order valence-electron chi connectivity index (χ0n) is 14.7. The third-order valence-corrected chi connectivity index (χ3v) is 4.80. The summed E-state index contributed by atoms with van der Waals surface area (Å²) in [5.74, 6) is 0. The molecule has 5 heteroatoms. The Balaban J connectivity index is 1.53. The van der Waals surface area contributed by atoms with E-state index in [1.54, 1.807) is 0 Å². The molecule has 1 aliphatic rings. The number of nitrogen functional groups attached to an aromatic ring is 2. The summed E-state index contributed by atoms with van der Waals surface area (Å²) in [7, 11) is 0. The predicted octanol–water partition coefficient (Wildman–Crippen LogP) is 2.76. The van der Waals surface area contributed by atoms with Crippen molar-refractivity contribution in [2.75, 3.05) is 31.1 Å². The lowest BCUT2D eigenvalue weighted by Crippen LogP contribution is -2.36. The highest BCUT2D eigenvalue weighted by molar-refractivity contribution is 5.77. The van der Waals surface area contributed by atoms with Crippen LogP contribution < -0.4 is 11.5 Å². The van der Waals surface area contributed by atoms with Crippen molar-refractivity contribution in [1.29, 1.82) is 0 Å². The number of anilines is 2. The maximum atomic E-state index is 12.7. The third kappa shape index (κ3) is 4.24. The van der Waals surface area contributed by atoms with Crippen LogP contribution in [-0.4, -0.2) is 41.5 Å². The van der Waals surface area contributed by atoms with Crippen LogP contribution in [0.4, 0.5) is 16.2 Å². The lowest BCUT2D eigenvalue weighted by molar-refractivity contribution is 0.188. The van der Waals surface area contributed by atoms with E-state index in [9.17, 15) is 4.79 Å². The van der Waals surface area contributed by atoms with Gasteiger partial charge in [0.1, 0.15) is 0 Å². The number of carbonyl (C=O) groups is 1. The van der Waals surface area contributed by atoms with Crippen molar-refractivity contribution in [2.24, 2.45) is 0 Å². The molecule has 0 saturated carbocycles. The highest BCUT2D eigenvalue weighted by Crippen LogP contribution is 2.18. The van der Waals surface area contributed by atoms with Crippen molar-refractivity contribution >= 4 is 17.4 Å². The Morgan fingerprint density at radius 2 is 1.36 bits per heavy atom. The van der Waals surface area contributed by atoms with Crippen LogP contribution >= 0.6 is 0 Å². The zero-order valence-corrected chi connectivity index (χ0v) is 14.7. The van der Waals surface area contributed by atoms with Crippen molar-refractivity contribution in [3.63, 3.8) is 0 Å². The standard InChI is InChI=1S/C20H26N4O/c1-15-14-23(12-10-16-2-6-18(21)7-3-16)20(25)24(15)13-11-17-4-8-19(22)9-5-17/h2-9,15H,10-14,21-22H2,1H3. The summed E-state index contributed by atoms with van der Waals surface area (Å²) in [5.41, 5.74) is 15.4. The Labute approximate surface area is 149 Å². The number of hydrogen-bond acceptors (Lipinski definition) is 3. The van der Waals surface area contributed by atoms with Crippen LogP contribution in [0.3, 0.4) is 0 Å². The Morgan fingerprint density at radius 1 is 0.880 bits per heavy atom. The number of hydrogen-bond donors (Lipinski definition) is 2. The first-order chi connectivity index (χ1) is 12.0. The molecule has 0 aliphatic carbocycles. The molecule has 1 aliphatic heterocycles. The highest BCUT2D eigenvalue weighted by atomic mass is 16.2. The number of benzene rings is 2. The molecule has 2 aromatic carbocycles. The summed E-state index contributed by atoms with van der Waals surface area (Å²) in [6, 6.07) is 16.1. The summed E-state index contributed by atoms with van der Waals surface area (Å²) in [6.45, 7) is 4.38. The van der Waals surface area contributed by atoms with E-state index >= 15 is 0 Å². The number of nitrogens with zero attached hydrogens (tertiary/aromatic N) is 2. The van der Waals surface area contributed by atoms with Crippen LogP contribution in [0.1, 0.15) is 18.1 Å². The SMILES string of the molecule is CC1CN(CCc2ccc(N)cc2)C(=O)N1CCc1ccc(N)cc1. The molecule has 5 nitrogen and oxygen atoms in total. The molecule has 3 rings (SSSR count). The van der Waals surface area contributed by atoms with E-state index in [1.165, 1.54) is 11.1 Å². The second kappa shape index (κ2) is 7.47. The number of rotatable bonds is 6. The highest BCUT2D eigenvalue weighted by Gasteiger charge is 2.33. The first kappa shape index (κ1) is 17.1. The summed E-state index contributed by atoms with van der Waals surface area (Å²) < 4.78 is 0. The van der Waals surface area contributed by atoms with Gasteiger partial charge >= 0.3 is 6.03 Å². The molecule has 25 heavy (non-hydrogen) atoms. The minimum absolute atomic E-state index is 0.137. The number of amides is 2. The fraction of sp³-hybridized carbons (Fsp3) is 0.350. The van der Waals surface area contributed by atoms with E-state index in [0.29, 0.717) is 0 Å². The van der Waals surface area contributed by atoms with Gasteiger partial charge in [0.15, 0.2) is 0 Å². The molecule has 0 spiro atoms. The van der Waals surface area contributed by atoms with Crippen LogP contribution in [0.15, 0.2) is 48.5 Å². The van der Waals surface area contributed by atoms with Gasteiger partial charge in [0, 0.05) is 37.1 Å². The van der Waals surface area contributed by atoms with Crippen LogP contribution in [0, 0.1) is 0 Å². The molecule has 2 aromatic rings. The van der Waals surface area contributed by atoms with Crippen LogP contribution in [0.25, 0.3) is 0 Å². The van der Waals surface area contributed by atoms with Crippen LogP contribution in [0.5, 0.6) is 0 Å². The fourth-order valence-corrected chi connectivity index (χ4v) is 3.25.